The van der Waals surface area contributed by atoms with E-state index in [9.17, 15) is 0 Å². The number of aryl methyl sites for hydroxylation is 1. The highest BCUT2D eigenvalue weighted by Crippen LogP contribution is 2.16. The van der Waals surface area contributed by atoms with Crippen LogP contribution in [0, 0.1) is 6.92 Å². The van der Waals surface area contributed by atoms with Gasteiger partial charge in [0.15, 0.2) is 0 Å². The summed E-state index contributed by atoms with van der Waals surface area (Å²) in [4.78, 5) is 0. The van der Waals surface area contributed by atoms with Crippen molar-refractivity contribution in [2.24, 2.45) is 5.73 Å². The summed E-state index contributed by atoms with van der Waals surface area (Å²) in [5.41, 5.74) is 7.88. The lowest BCUT2D eigenvalue weighted by atomic mass is 10.1. The lowest BCUT2D eigenvalue weighted by Crippen LogP contribution is -2.03. The maximum absolute atomic E-state index is 5.58. The minimum atomic E-state index is -0.152. The molecule has 1 atom stereocenters. The van der Waals surface area contributed by atoms with Gasteiger partial charge in [0.05, 0.1) is 5.37 Å². The van der Waals surface area contributed by atoms with Crippen LogP contribution < -0.4 is 5.73 Å². The summed E-state index contributed by atoms with van der Waals surface area (Å²) in [6, 6.07) is 7.99. The van der Waals surface area contributed by atoms with Gasteiger partial charge in [-0.2, -0.15) is 12.6 Å². The molecule has 2 heteroatoms. The van der Waals surface area contributed by atoms with Gasteiger partial charge in [-0.25, -0.2) is 0 Å². The first-order valence-corrected chi connectivity index (χ1v) is 3.72. The maximum Gasteiger partial charge on any atom is 0.0737 e. The van der Waals surface area contributed by atoms with Gasteiger partial charge in [-0.05, 0) is 18.1 Å². The van der Waals surface area contributed by atoms with Crippen molar-refractivity contribution in [3.63, 3.8) is 0 Å². The Kier molecular flexibility index (Phi) is 2.35. The van der Waals surface area contributed by atoms with E-state index >= 15 is 0 Å². The Morgan fingerprint density at radius 1 is 1.40 bits per heavy atom. The first kappa shape index (κ1) is 7.63. The number of hydrogen-bond acceptors (Lipinski definition) is 2. The Hall–Kier alpha value is -0.470. The third-order valence-electron chi connectivity index (χ3n) is 1.51. The number of hydrogen-bond donors (Lipinski definition) is 2. The summed E-state index contributed by atoms with van der Waals surface area (Å²) in [5, 5.41) is -0.152. The molecule has 0 aliphatic carbocycles. The molecule has 54 valence electrons. The average Bonchev–Trinajstić information content (AvgIpc) is 1.88. The monoisotopic (exact) mass is 153 g/mol. The molecule has 2 N–H and O–H groups in total. The Morgan fingerprint density at radius 2 is 2.00 bits per heavy atom. The van der Waals surface area contributed by atoms with Crippen molar-refractivity contribution in [2.45, 2.75) is 12.3 Å². The van der Waals surface area contributed by atoms with Crippen LogP contribution in [0.5, 0.6) is 0 Å². The lowest BCUT2D eigenvalue weighted by Gasteiger charge is -2.06. The van der Waals surface area contributed by atoms with Crippen molar-refractivity contribution < 1.29 is 0 Å². The molecule has 0 aromatic heterocycles. The fraction of sp³-hybridized carbons (Fsp3) is 0.250. The molecule has 0 spiro atoms. The van der Waals surface area contributed by atoms with Crippen LogP contribution in [0.2, 0.25) is 0 Å². The van der Waals surface area contributed by atoms with E-state index in [0.29, 0.717) is 0 Å². The van der Waals surface area contributed by atoms with E-state index in [2.05, 4.69) is 12.6 Å². The molecule has 1 unspecified atom stereocenters. The number of thiol groups is 1. The second-order valence-electron chi connectivity index (χ2n) is 2.30. The fourth-order valence-corrected chi connectivity index (χ4v) is 1.21. The average molecular weight is 153 g/mol. The van der Waals surface area contributed by atoms with Crippen LogP contribution in [-0.4, -0.2) is 0 Å². The molecular formula is C8H11NS. The van der Waals surface area contributed by atoms with E-state index in [1.807, 2.05) is 31.2 Å². The summed E-state index contributed by atoms with van der Waals surface area (Å²) in [5.74, 6) is 0. The summed E-state index contributed by atoms with van der Waals surface area (Å²) >= 11 is 4.14. The Bertz CT molecular complexity index is 220. The van der Waals surface area contributed by atoms with E-state index < -0.39 is 0 Å². The zero-order chi connectivity index (χ0) is 7.56. The second kappa shape index (κ2) is 3.08. The van der Waals surface area contributed by atoms with Crippen molar-refractivity contribution in [3.8, 4) is 0 Å². The van der Waals surface area contributed by atoms with Crippen LogP contribution in [0.15, 0.2) is 24.3 Å². The van der Waals surface area contributed by atoms with E-state index in [1.54, 1.807) is 0 Å². The van der Waals surface area contributed by atoms with Gasteiger partial charge >= 0.3 is 0 Å². The minimum Gasteiger partial charge on any atom is -0.316 e. The van der Waals surface area contributed by atoms with Crippen LogP contribution >= 0.6 is 12.6 Å². The van der Waals surface area contributed by atoms with Crippen molar-refractivity contribution >= 4 is 12.6 Å². The minimum absolute atomic E-state index is 0.152. The van der Waals surface area contributed by atoms with Crippen LogP contribution in [0.3, 0.4) is 0 Å². The molecule has 0 saturated carbocycles. The van der Waals surface area contributed by atoms with Gasteiger partial charge in [-0.15, -0.1) is 0 Å². The maximum atomic E-state index is 5.58. The third kappa shape index (κ3) is 1.52. The normalized spacial score (nSPS) is 13.1. The molecule has 0 saturated heterocycles. The summed E-state index contributed by atoms with van der Waals surface area (Å²) in [6.07, 6.45) is 0. The van der Waals surface area contributed by atoms with Crippen molar-refractivity contribution in [1.29, 1.82) is 0 Å². The molecule has 1 rings (SSSR count). The predicted octanol–water partition coefficient (Wildman–Crippen LogP) is 1.88. The third-order valence-corrected chi connectivity index (χ3v) is 1.79. The Labute approximate surface area is 66.7 Å². The van der Waals surface area contributed by atoms with Gasteiger partial charge in [-0.1, -0.05) is 24.3 Å². The van der Waals surface area contributed by atoms with Crippen molar-refractivity contribution in [3.05, 3.63) is 35.4 Å². The number of rotatable bonds is 1. The summed E-state index contributed by atoms with van der Waals surface area (Å²) < 4.78 is 0. The SMILES string of the molecule is Cc1ccccc1C(N)S. The summed E-state index contributed by atoms with van der Waals surface area (Å²) in [7, 11) is 0. The Balaban J connectivity index is 3.03. The van der Waals surface area contributed by atoms with Gasteiger partial charge < -0.3 is 5.73 Å². The fourth-order valence-electron chi connectivity index (χ4n) is 0.919. The molecule has 10 heavy (non-hydrogen) atoms. The molecule has 1 aromatic carbocycles. The zero-order valence-corrected chi connectivity index (χ0v) is 6.81. The molecule has 0 aliphatic heterocycles. The van der Waals surface area contributed by atoms with Crippen molar-refractivity contribution in [1.82, 2.24) is 0 Å². The number of benzene rings is 1. The van der Waals surface area contributed by atoms with Gasteiger partial charge in [0.1, 0.15) is 0 Å². The predicted molar refractivity (Wildman–Crippen MR) is 47.1 cm³/mol. The first-order valence-electron chi connectivity index (χ1n) is 3.21. The standard InChI is InChI=1S/C8H11NS/c1-6-4-2-3-5-7(6)8(9)10/h2-5,8,10H,9H2,1H3. The smallest absolute Gasteiger partial charge is 0.0737 e. The molecule has 0 aliphatic rings. The highest BCUT2D eigenvalue weighted by atomic mass is 32.1. The molecule has 0 radical (unpaired) electrons. The van der Waals surface area contributed by atoms with E-state index in [0.717, 1.165) is 5.56 Å². The molecule has 0 amide bonds. The van der Waals surface area contributed by atoms with Crippen LogP contribution in [0.1, 0.15) is 16.5 Å². The van der Waals surface area contributed by atoms with Crippen LogP contribution in [0.4, 0.5) is 0 Å². The van der Waals surface area contributed by atoms with E-state index in [-0.39, 0.29) is 5.37 Å². The molecule has 1 aromatic rings. The lowest BCUT2D eigenvalue weighted by molar-refractivity contribution is 1.02. The highest BCUT2D eigenvalue weighted by molar-refractivity contribution is 7.80. The highest BCUT2D eigenvalue weighted by Gasteiger charge is 2.00. The largest absolute Gasteiger partial charge is 0.316 e. The summed E-state index contributed by atoms with van der Waals surface area (Å²) in [6.45, 7) is 2.03. The van der Waals surface area contributed by atoms with Gasteiger partial charge in [-0.3, -0.25) is 0 Å². The van der Waals surface area contributed by atoms with Gasteiger partial charge in [0, 0.05) is 0 Å². The van der Waals surface area contributed by atoms with Crippen LogP contribution in [-0.2, 0) is 0 Å². The topological polar surface area (TPSA) is 26.0 Å². The van der Waals surface area contributed by atoms with Gasteiger partial charge in [0.2, 0.25) is 0 Å². The Morgan fingerprint density at radius 3 is 2.40 bits per heavy atom. The van der Waals surface area contributed by atoms with E-state index in [1.165, 1.54) is 5.56 Å². The zero-order valence-electron chi connectivity index (χ0n) is 5.91. The molecular weight excluding hydrogens is 142 g/mol. The molecule has 0 fully saturated rings. The van der Waals surface area contributed by atoms with E-state index in [4.69, 9.17) is 5.73 Å². The van der Waals surface area contributed by atoms with Crippen molar-refractivity contribution in [2.75, 3.05) is 0 Å². The van der Waals surface area contributed by atoms with Crippen LogP contribution in [0.25, 0.3) is 0 Å². The van der Waals surface area contributed by atoms with Gasteiger partial charge in [0.25, 0.3) is 0 Å². The molecule has 1 nitrogen and oxygen atoms in total. The molecule has 0 bridgehead atoms. The quantitative estimate of drug-likeness (QED) is 0.467. The molecule has 0 heterocycles. The second-order valence-corrected chi connectivity index (χ2v) is 2.86. The number of nitrogens with two attached hydrogens (primary N) is 1. The first-order chi connectivity index (χ1) is 4.72.